The number of carboxylic acid groups (broad SMARTS) is 1. The molecule has 2 N–H and O–H groups in total. The molecule has 0 radical (unpaired) electrons. The Balaban J connectivity index is 2.31. The summed E-state index contributed by atoms with van der Waals surface area (Å²) in [7, 11) is 0. The first kappa shape index (κ1) is 12.1. The van der Waals surface area contributed by atoms with Crippen molar-refractivity contribution >= 4 is 29.2 Å². The largest absolute Gasteiger partial charge is 0.478 e. The van der Waals surface area contributed by atoms with Gasteiger partial charge in [-0.1, -0.05) is 16.8 Å². The van der Waals surface area contributed by atoms with E-state index in [4.69, 9.17) is 16.7 Å². The second-order valence-corrected chi connectivity index (χ2v) is 3.77. The highest BCUT2D eigenvalue weighted by Gasteiger charge is 2.15. The van der Waals surface area contributed by atoms with Crippen molar-refractivity contribution in [1.29, 1.82) is 0 Å². The highest BCUT2D eigenvalue weighted by Crippen LogP contribution is 2.21. The Morgan fingerprint density at radius 1 is 1.33 bits per heavy atom. The summed E-state index contributed by atoms with van der Waals surface area (Å²) >= 11 is 5.75. The van der Waals surface area contributed by atoms with Gasteiger partial charge < -0.3 is 14.9 Å². The van der Waals surface area contributed by atoms with E-state index in [0.29, 0.717) is 5.02 Å². The Hall–Kier alpha value is -2.34. The van der Waals surface area contributed by atoms with Crippen molar-refractivity contribution < 1.29 is 19.2 Å². The molecule has 2 rings (SSSR count). The lowest BCUT2D eigenvalue weighted by Crippen LogP contribution is -2.15. The fourth-order valence-electron chi connectivity index (χ4n) is 1.32. The lowest BCUT2D eigenvalue weighted by molar-refractivity contribution is 0.0698. The molecule has 0 saturated heterocycles. The first-order valence-corrected chi connectivity index (χ1v) is 5.20. The molecule has 0 aliphatic heterocycles. The van der Waals surface area contributed by atoms with E-state index in [2.05, 4.69) is 15.0 Å². The molecule has 0 aliphatic carbocycles. The third-order valence-electron chi connectivity index (χ3n) is 2.13. The van der Waals surface area contributed by atoms with Crippen LogP contribution in [0.1, 0.15) is 20.8 Å². The summed E-state index contributed by atoms with van der Waals surface area (Å²) in [6, 6.07) is 5.45. The van der Waals surface area contributed by atoms with Gasteiger partial charge in [-0.2, -0.15) is 0 Å². The first-order chi connectivity index (χ1) is 8.58. The quantitative estimate of drug-likeness (QED) is 0.889. The highest BCUT2D eigenvalue weighted by atomic mass is 35.5. The van der Waals surface area contributed by atoms with Crippen LogP contribution in [0.15, 0.2) is 35.1 Å². The van der Waals surface area contributed by atoms with E-state index in [1.54, 1.807) is 0 Å². The summed E-state index contributed by atoms with van der Waals surface area (Å²) in [6.45, 7) is 0. The summed E-state index contributed by atoms with van der Waals surface area (Å²) in [5, 5.41) is 15.1. The fourth-order valence-corrected chi connectivity index (χ4v) is 1.49. The van der Waals surface area contributed by atoms with Gasteiger partial charge in [0.15, 0.2) is 5.69 Å². The van der Waals surface area contributed by atoms with Gasteiger partial charge in [0, 0.05) is 11.1 Å². The number of hydrogen-bond acceptors (Lipinski definition) is 4. The maximum absolute atomic E-state index is 11.7. The number of aromatic nitrogens is 1. The number of rotatable bonds is 3. The molecule has 0 unspecified atom stereocenters. The van der Waals surface area contributed by atoms with Crippen LogP contribution in [0.2, 0.25) is 5.02 Å². The number of nitrogens with one attached hydrogen (secondary N) is 1. The Bertz CT molecular complexity index is 595. The van der Waals surface area contributed by atoms with Crippen molar-refractivity contribution in [3.05, 3.63) is 46.8 Å². The van der Waals surface area contributed by atoms with E-state index in [9.17, 15) is 9.59 Å². The molecule has 0 atom stereocenters. The SMILES string of the molecule is O=C(Nc1cc(Cl)ccc1C(=O)O)c1ccon1. The molecule has 18 heavy (non-hydrogen) atoms. The van der Waals surface area contributed by atoms with E-state index in [1.807, 2.05) is 0 Å². The Morgan fingerprint density at radius 3 is 2.72 bits per heavy atom. The van der Waals surface area contributed by atoms with Gasteiger partial charge in [-0.15, -0.1) is 0 Å². The van der Waals surface area contributed by atoms with E-state index in [-0.39, 0.29) is 16.9 Å². The normalized spacial score (nSPS) is 10.1. The van der Waals surface area contributed by atoms with Gasteiger partial charge >= 0.3 is 5.97 Å². The summed E-state index contributed by atoms with van der Waals surface area (Å²) in [4.78, 5) is 22.7. The third kappa shape index (κ3) is 2.49. The minimum absolute atomic E-state index is 0.0475. The van der Waals surface area contributed by atoms with Crippen LogP contribution in [0.5, 0.6) is 0 Å². The molecule has 2 aromatic rings. The zero-order valence-electron chi connectivity index (χ0n) is 8.88. The van der Waals surface area contributed by atoms with Crippen molar-refractivity contribution in [2.75, 3.05) is 5.32 Å². The average Bonchev–Trinajstić information content (AvgIpc) is 2.81. The van der Waals surface area contributed by atoms with Crippen LogP contribution in [0.3, 0.4) is 0 Å². The maximum atomic E-state index is 11.7. The molecule has 7 heteroatoms. The zero-order valence-corrected chi connectivity index (χ0v) is 9.64. The molecule has 6 nitrogen and oxygen atoms in total. The number of carbonyl (C=O) groups is 2. The highest BCUT2D eigenvalue weighted by molar-refractivity contribution is 6.31. The van der Waals surface area contributed by atoms with Gasteiger partial charge in [0.1, 0.15) is 6.26 Å². The molecule has 0 fully saturated rings. The Labute approximate surface area is 106 Å². The second-order valence-electron chi connectivity index (χ2n) is 3.33. The summed E-state index contributed by atoms with van der Waals surface area (Å²) in [6.07, 6.45) is 1.24. The standard InChI is InChI=1S/C11H7ClN2O4/c12-6-1-2-7(11(16)17)9(5-6)13-10(15)8-3-4-18-14-8/h1-5H,(H,13,15)(H,16,17). The van der Waals surface area contributed by atoms with Crippen LogP contribution < -0.4 is 5.32 Å². The van der Waals surface area contributed by atoms with Gasteiger partial charge in [-0.25, -0.2) is 4.79 Å². The smallest absolute Gasteiger partial charge is 0.337 e. The lowest BCUT2D eigenvalue weighted by Gasteiger charge is -2.07. The van der Waals surface area contributed by atoms with E-state index >= 15 is 0 Å². The molecule has 0 spiro atoms. The van der Waals surface area contributed by atoms with E-state index < -0.39 is 11.9 Å². The zero-order chi connectivity index (χ0) is 13.1. The van der Waals surface area contributed by atoms with Crippen LogP contribution in [-0.4, -0.2) is 22.1 Å². The first-order valence-electron chi connectivity index (χ1n) is 4.82. The molecular weight excluding hydrogens is 260 g/mol. The number of amides is 1. The molecule has 1 amide bonds. The van der Waals surface area contributed by atoms with Crippen LogP contribution >= 0.6 is 11.6 Å². The Kier molecular flexibility index (Phi) is 3.29. The van der Waals surface area contributed by atoms with Gasteiger partial charge in [-0.05, 0) is 18.2 Å². The van der Waals surface area contributed by atoms with Gasteiger partial charge in [-0.3, -0.25) is 4.79 Å². The van der Waals surface area contributed by atoms with Gasteiger partial charge in [0.2, 0.25) is 0 Å². The molecule has 0 bridgehead atoms. The second kappa shape index (κ2) is 4.89. The number of benzene rings is 1. The third-order valence-corrected chi connectivity index (χ3v) is 2.37. The predicted octanol–water partition coefficient (Wildman–Crippen LogP) is 2.28. The van der Waals surface area contributed by atoms with Crippen molar-refractivity contribution in [1.82, 2.24) is 5.16 Å². The number of hydrogen-bond donors (Lipinski definition) is 2. The topological polar surface area (TPSA) is 92.4 Å². The van der Waals surface area contributed by atoms with Gasteiger partial charge in [0.25, 0.3) is 5.91 Å². The molecular formula is C11H7ClN2O4. The summed E-state index contributed by atoms with van der Waals surface area (Å²) in [5.41, 5.74) is 0.0885. The predicted molar refractivity (Wildman–Crippen MR) is 62.9 cm³/mol. The molecule has 0 saturated carbocycles. The van der Waals surface area contributed by atoms with Crippen LogP contribution in [-0.2, 0) is 0 Å². The number of carbonyl (C=O) groups excluding carboxylic acids is 1. The monoisotopic (exact) mass is 266 g/mol. The molecule has 92 valence electrons. The number of anilines is 1. The van der Waals surface area contributed by atoms with Gasteiger partial charge in [0.05, 0.1) is 11.3 Å². The van der Waals surface area contributed by atoms with E-state index in [0.717, 1.165) is 0 Å². The van der Waals surface area contributed by atoms with Crippen LogP contribution in [0.25, 0.3) is 0 Å². The minimum atomic E-state index is -1.16. The Morgan fingerprint density at radius 2 is 2.11 bits per heavy atom. The van der Waals surface area contributed by atoms with Crippen LogP contribution in [0, 0.1) is 0 Å². The fraction of sp³-hybridized carbons (Fsp3) is 0. The lowest BCUT2D eigenvalue weighted by atomic mass is 10.1. The molecule has 1 aromatic carbocycles. The van der Waals surface area contributed by atoms with Crippen molar-refractivity contribution in [3.8, 4) is 0 Å². The molecule has 1 heterocycles. The number of nitrogens with zero attached hydrogens (tertiary/aromatic N) is 1. The van der Waals surface area contributed by atoms with Crippen molar-refractivity contribution in [2.45, 2.75) is 0 Å². The van der Waals surface area contributed by atoms with Crippen LogP contribution in [0.4, 0.5) is 5.69 Å². The molecule has 1 aromatic heterocycles. The summed E-state index contributed by atoms with van der Waals surface area (Å²) in [5.74, 6) is -1.74. The van der Waals surface area contributed by atoms with Crippen molar-refractivity contribution in [2.24, 2.45) is 0 Å². The molecule has 0 aliphatic rings. The number of carboxylic acids is 1. The van der Waals surface area contributed by atoms with E-state index in [1.165, 1.54) is 30.5 Å². The maximum Gasteiger partial charge on any atom is 0.337 e. The minimum Gasteiger partial charge on any atom is -0.478 e. The number of halogens is 1. The van der Waals surface area contributed by atoms with Crippen molar-refractivity contribution in [3.63, 3.8) is 0 Å². The summed E-state index contributed by atoms with van der Waals surface area (Å²) < 4.78 is 4.52. The number of aromatic carboxylic acids is 1. The average molecular weight is 267 g/mol.